The smallest absolute Gasteiger partial charge is 0.317 e. The van der Waals surface area contributed by atoms with E-state index in [1.54, 1.807) is 24.3 Å². The lowest BCUT2D eigenvalue weighted by Gasteiger charge is -2.28. The Bertz CT molecular complexity index is 1170. The number of nitrogens with zero attached hydrogens (tertiary/aromatic N) is 1. The molecule has 1 atom stereocenters. The van der Waals surface area contributed by atoms with Gasteiger partial charge in [0.15, 0.2) is 6.10 Å². The molecule has 35 heavy (non-hydrogen) atoms. The molecule has 1 heterocycles. The molecular weight excluding hydrogens is 475 g/mol. The van der Waals surface area contributed by atoms with Crippen LogP contribution in [0.5, 0.6) is 0 Å². The van der Waals surface area contributed by atoms with Gasteiger partial charge in [-0.25, -0.2) is 12.8 Å². The van der Waals surface area contributed by atoms with Crippen molar-refractivity contribution in [1.29, 1.82) is 0 Å². The van der Waals surface area contributed by atoms with Gasteiger partial charge in [-0.15, -0.1) is 0 Å². The van der Waals surface area contributed by atoms with E-state index in [0.29, 0.717) is 31.6 Å². The molecule has 0 bridgehead atoms. The van der Waals surface area contributed by atoms with Gasteiger partial charge in [-0.3, -0.25) is 9.59 Å². The van der Waals surface area contributed by atoms with Gasteiger partial charge in [0.25, 0.3) is 5.91 Å². The monoisotopic (exact) mass is 504 g/mol. The summed E-state index contributed by atoms with van der Waals surface area (Å²) in [6.07, 6.45) is 1.68. The second kappa shape index (κ2) is 10.4. The number of esters is 1. The molecule has 1 aliphatic heterocycles. The molecule has 1 saturated heterocycles. The first-order chi connectivity index (χ1) is 16.7. The fourth-order valence-electron chi connectivity index (χ4n) is 4.60. The van der Waals surface area contributed by atoms with E-state index >= 15 is 0 Å². The largest absolute Gasteiger partial charge is 0.452 e. The Kier molecular flexibility index (Phi) is 7.53. The Morgan fingerprint density at radius 1 is 1.09 bits per heavy atom. The van der Waals surface area contributed by atoms with E-state index in [4.69, 9.17) is 9.47 Å². The molecule has 1 N–H and O–H groups in total. The number of benzene rings is 2. The van der Waals surface area contributed by atoms with Crippen LogP contribution in [0.2, 0.25) is 0 Å². The second-order valence-corrected chi connectivity index (χ2v) is 10.8. The van der Waals surface area contributed by atoms with E-state index in [1.807, 2.05) is 0 Å². The van der Waals surface area contributed by atoms with Crippen LogP contribution in [0.15, 0.2) is 53.4 Å². The van der Waals surface area contributed by atoms with Crippen molar-refractivity contribution in [3.05, 3.63) is 59.9 Å². The molecule has 0 spiro atoms. The van der Waals surface area contributed by atoms with Crippen molar-refractivity contribution in [3.63, 3.8) is 0 Å². The molecule has 8 nitrogen and oxygen atoms in total. The average molecular weight is 505 g/mol. The van der Waals surface area contributed by atoms with Gasteiger partial charge in [0, 0.05) is 18.8 Å². The Morgan fingerprint density at radius 3 is 2.40 bits per heavy atom. The lowest BCUT2D eigenvalue weighted by atomic mass is 9.79. The molecule has 4 rings (SSSR count). The third-order valence-electron chi connectivity index (χ3n) is 6.61. The van der Waals surface area contributed by atoms with E-state index < -0.39 is 33.4 Å². The maximum absolute atomic E-state index is 13.4. The highest BCUT2D eigenvalue weighted by atomic mass is 32.2. The first-order valence-corrected chi connectivity index (χ1v) is 13.1. The van der Waals surface area contributed by atoms with Crippen molar-refractivity contribution in [2.75, 3.05) is 31.6 Å². The summed E-state index contributed by atoms with van der Waals surface area (Å²) < 4.78 is 51.4. The van der Waals surface area contributed by atoms with Gasteiger partial charge in [0.2, 0.25) is 10.0 Å². The van der Waals surface area contributed by atoms with Gasteiger partial charge >= 0.3 is 5.97 Å². The normalized spacial score (nSPS) is 19.1. The number of carbonyl (C=O) groups excluding carboxylic acids is 2. The van der Waals surface area contributed by atoms with Crippen molar-refractivity contribution in [3.8, 4) is 0 Å². The average Bonchev–Trinajstić information content (AvgIpc) is 3.36. The summed E-state index contributed by atoms with van der Waals surface area (Å²) in [5.41, 5.74) is 0.0466. The minimum atomic E-state index is -3.72. The van der Waals surface area contributed by atoms with Gasteiger partial charge in [-0.1, -0.05) is 31.0 Å². The lowest BCUT2D eigenvalue weighted by molar-refractivity contribution is -0.159. The van der Waals surface area contributed by atoms with Crippen LogP contribution in [0.1, 0.15) is 38.2 Å². The summed E-state index contributed by atoms with van der Waals surface area (Å²) in [4.78, 5) is 26.0. The maximum Gasteiger partial charge on any atom is 0.317 e. The highest BCUT2D eigenvalue weighted by Gasteiger charge is 2.45. The highest BCUT2D eigenvalue weighted by molar-refractivity contribution is 7.89. The standard InChI is InChI=1S/C25H29FN2O6S/c1-18(34-24(30)25(11-2-3-12-25)19-7-9-20(26)10-8-19)23(29)27-21-5-4-6-22(17-21)35(31,32)28-13-15-33-16-14-28/h4-10,17-18H,2-3,11-16H2,1H3,(H,27,29)/t18-/m0/s1. The number of hydrogen-bond donors (Lipinski definition) is 1. The summed E-state index contributed by atoms with van der Waals surface area (Å²) in [5, 5.41) is 2.64. The van der Waals surface area contributed by atoms with Crippen molar-refractivity contribution in [2.24, 2.45) is 0 Å². The summed E-state index contributed by atoms with van der Waals surface area (Å²) in [6, 6.07) is 11.8. The van der Waals surface area contributed by atoms with Crippen LogP contribution in [0.3, 0.4) is 0 Å². The van der Waals surface area contributed by atoms with Crippen molar-refractivity contribution in [2.45, 2.75) is 49.0 Å². The molecule has 2 aromatic rings. The molecule has 1 amide bonds. The molecule has 1 aliphatic carbocycles. The summed E-state index contributed by atoms with van der Waals surface area (Å²) >= 11 is 0. The Morgan fingerprint density at radius 2 is 1.74 bits per heavy atom. The molecule has 10 heteroatoms. The number of carbonyl (C=O) groups is 2. The predicted molar refractivity (Wildman–Crippen MR) is 127 cm³/mol. The number of anilines is 1. The second-order valence-electron chi connectivity index (χ2n) is 8.88. The summed E-state index contributed by atoms with van der Waals surface area (Å²) in [5.74, 6) is -1.49. The fourth-order valence-corrected chi connectivity index (χ4v) is 6.05. The SMILES string of the molecule is C[C@H](OC(=O)C1(c2ccc(F)cc2)CCCC1)C(=O)Nc1cccc(S(=O)(=O)N2CCOCC2)c1. The van der Waals surface area contributed by atoms with Crippen molar-refractivity contribution >= 4 is 27.6 Å². The minimum absolute atomic E-state index is 0.0584. The molecular formula is C25H29FN2O6S. The third-order valence-corrected chi connectivity index (χ3v) is 8.50. The molecule has 188 valence electrons. The summed E-state index contributed by atoms with van der Waals surface area (Å²) in [6.45, 7) is 2.66. The minimum Gasteiger partial charge on any atom is -0.452 e. The highest BCUT2D eigenvalue weighted by Crippen LogP contribution is 2.42. The Hall–Kier alpha value is -2.82. The van der Waals surface area contributed by atoms with Crippen molar-refractivity contribution < 1.29 is 31.9 Å². The van der Waals surface area contributed by atoms with E-state index in [-0.39, 0.29) is 29.5 Å². The van der Waals surface area contributed by atoms with Crippen molar-refractivity contribution in [1.82, 2.24) is 4.31 Å². The first-order valence-electron chi connectivity index (χ1n) is 11.7. The number of nitrogens with one attached hydrogen (secondary N) is 1. The van der Waals surface area contributed by atoms with Crippen LogP contribution in [-0.2, 0) is 34.5 Å². The van der Waals surface area contributed by atoms with Gasteiger partial charge in [0.1, 0.15) is 5.82 Å². The molecule has 2 fully saturated rings. The van der Waals surface area contributed by atoms with Gasteiger partial charge < -0.3 is 14.8 Å². The lowest BCUT2D eigenvalue weighted by Crippen LogP contribution is -2.40. The number of morpholine rings is 1. The Balaban J connectivity index is 1.44. The van der Waals surface area contributed by atoms with E-state index in [2.05, 4.69) is 5.32 Å². The number of hydrogen-bond acceptors (Lipinski definition) is 6. The van der Waals surface area contributed by atoms with Crippen LogP contribution in [0.4, 0.5) is 10.1 Å². The molecule has 2 aromatic carbocycles. The van der Waals surface area contributed by atoms with E-state index in [1.165, 1.54) is 35.5 Å². The zero-order valence-corrected chi connectivity index (χ0v) is 20.4. The van der Waals surface area contributed by atoms with Crippen LogP contribution in [0, 0.1) is 5.82 Å². The zero-order valence-electron chi connectivity index (χ0n) is 19.5. The number of amides is 1. The number of halogens is 1. The van der Waals surface area contributed by atoms with Gasteiger partial charge in [-0.05, 0) is 55.7 Å². The first kappa shape index (κ1) is 25.3. The zero-order chi connectivity index (χ0) is 25.1. The fraction of sp³-hybridized carbons (Fsp3) is 0.440. The summed E-state index contributed by atoms with van der Waals surface area (Å²) in [7, 11) is -3.72. The molecule has 1 saturated carbocycles. The van der Waals surface area contributed by atoms with Crippen LogP contribution < -0.4 is 5.32 Å². The predicted octanol–water partition coefficient (Wildman–Crippen LogP) is 3.23. The topological polar surface area (TPSA) is 102 Å². The number of rotatable bonds is 7. The quantitative estimate of drug-likeness (QED) is 0.581. The van der Waals surface area contributed by atoms with Gasteiger partial charge in [0.05, 0.1) is 23.5 Å². The number of ether oxygens (including phenoxy) is 2. The van der Waals surface area contributed by atoms with Gasteiger partial charge in [-0.2, -0.15) is 4.31 Å². The van der Waals surface area contributed by atoms with E-state index in [0.717, 1.165) is 12.8 Å². The van der Waals surface area contributed by atoms with Crippen LogP contribution in [-0.4, -0.2) is 57.0 Å². The molecule has 0 unspecified atom stereocenters. The number of sulfonamides is 1. The van der Waals surface area contributed by atoms with Crippen LogP contribution >= 0.6 is 0 Å². The Labute approximate surface area is 204 Å². The van der Waals surface area contributed by atoms with Crippen LogP contribution in [0.25, 0.3) is 0 Å². The maximum atomic E-state index is 13.4. The van der Waals surface area contributed by atoms with E-state index in [9.17, 15) is 22.4 Å². The molecule has 0 aromatic heterocycles. The molecule has 0 radical (unpaired) electrons. The third kappa shape index (κ3) is 5.39. The molecule has 2 aliphatic rings.